The number of nitrogens with two attached hydrogens (primary N) is 2. The number of amides is 1. The summed E-state index contributed by atoms with van der Waals surface area (Å²) in [4.78, 5) is 13.0. The number of likely N-dealkylation sites (tertiary alicyclic amines) is 1. The van der Waals surface area contributed by atoms with Gasteiger partial charge in [-0.3, -0.25) is 9.69 Å². The fourth-order valence-corrected chi connectivity index (χ4v) is 2.60. The molecule has 1 aliphatic heterocycles. The SMILES string of the molecule is NC(=O)CC1CCN(Cc2c(N)cccc2F)CC1. The number of carbonyl (C=O) groups is 1. The first-order valence-corrected chi connectivity index (χ1v) is 6.60. The number of piperidine rings is 1. The average Bonchev–Trinajstić information content (AvgIpc) is 2.35. The summed E-state index contributed by atoms with van der Waals surface area (Å²) in [5.74, 6) is -0.122. The average molecular weight is 265 g/mol. The van der Waals surface area contributed by atoms with E-state index in [1.165, 1.54) is 6.07 Å². The monoisotopic (exact) mass is 265 g/mol. The predicted octanol–water partition coefficient (Wildman–Crippen LogP) is 1.50. The van der Waals surface area contributed by atoms with Crippen LogP contribution in [0.4, 0.5) is 10.1 Å². The second-order valence-corrected chi connectivity index (χ2v) is 5.20. The van der Waals surface area contributed by atoms with Crippen LogP contribution in [0.5, 0.6) is 0 Å². The van der Waals surface area contributed by atoms with E-state index in [0.29, 0.717) is 30.1 Å². The zero-order valence-corrected chi connectivity index (χ0v) is 10.9. The third-order valence-electron chi connectivity index (χ3n) is 3.73. The molecule has 5 heteroatoms. The number of halogens is 1. The summed E-state index contributed by atoms with van der Waals surface area (Å²) in [5.41, 5.74) is 12.1. The largest absolute Gasteiger partial charge is 0.398 e. The minimum atomic E-state index is -0.251. The van der Waals surface area contributed by atoms with Gasteiger partial charge in [-0.1, -0.05) is 6.07 Å². The summed E-state index contributed by atoms with van der Waals surface area (Å²) < 4.78 is 13.7. The molecule has 2 rings (SSSR count). The Kier molecular flexibility index (Phi) is 4.37. The maximum Gasteiger partial charge on any atom is 0.217 e. The highest BCUT2D eigenvalue weighted by Crippen LogP contribution is 2.24. The molecule has 19 heavy (non-hydrogen) atoms. The summed E-state index contributed by atoms with van der Waals surface area (Å²) in [5, 5.41) is 0. The fraction of sp³-hybridized carbons (Fsp3) is 0.500. The Hall–Kier alpha value is -1.62. The number of hydrogen-bond donors (Lipinski definition) is 2. The highest BCUT2D eigenvalue weighted by Gasteiger charge is 2.21. The Morgan fingerprint density at radius 1 is 1.37 bits per heavy atom. The lowest BCUT2D eigenvalue weighted by molar-refractivity contribution is -0.119. The van der Waals surface area contributed by atoms with Gasteiger partial charge in [-0.05, 0) is 44.0 Å². The van der Waals surface area contributed by atoms with Crippen molar-refractivity contribution < 1.29 is 9.18 Å². The molecule has 0 saturated carbocycles. The Morgan fingerprint density at radius 2 is 2.05 bits per heavy atom. The van der Waals surface area contributed by atoms with Crippen molar-refractivity contribution in [3.05, 3.63) is 29.6 Å². The summed E-state index contributed by atoms with van der Waals surface area (Å²) in [6.07, 6.45) is 2.31. The number of nitrogen functional groups attached to an aromatic ring is 1. The molecule has 1 aromatic carbocycles. The van der Waals surface area contributed by atoms with Gasteiger partial charge in [0, 0.05) is 24.2 Å². The molecule has 0 spiro atoms. The van der Waals surface area contributed by atoms with Crippen LogP contribution in [0, 0.1) is 11.7 Å². The molecular weight excluding hydrogens is 245 g/mol. The van der Waals surface area contributed by atoms with Crippen LogP contribution in [-0.4, -0.2) is 23.9 Å². The van der Waals surface area contributed by atoms with Gasteiger partial charge < -0.3 is 11.5 Å². The molecule has 0 atom stereocenters. The standard InChI is InChI=1S/C14H20FN3O/c15-12-2-1-3-13(16)11(12)9-18-6-4-10(5-7-18)8-14(17)19/h1-3,10H,4-9,16H2,(H2,17,19). The lowest BCUT2D eigenvalue weighted by Gasteiger charge is -2.31. The first-order valence-electron chi connectivity index (χ1n) is 6.60. The summed E-state index contributed by atoms with van der Waals surface area (Å²) in [6.45, 7) is 2.24. The van der Waals surface area contributed by atoms with Gasteiger partial charge >= 0.3 is 0 Å². The number of nitrogens with zero attached hydrogens (tertiary/aromatic N) is 1. The van der Waals surface area contributed by atoms with E-state index in [2.05, 4.69) is 4.90 Å². The topological polar surface area (TPSA) is 72.4 Å². The van der Waals surface area contributed by atoms with E-state index in [1.54, 1.807) is 12.1 Å². The zero-order valence-electron chi connectivity index (χ0n) is 10.9. The van der Waals surface area contributed by atoms with Gasteiger partial charge in [0.15, 0.2) is 0 Å². The van der Waals surface area contributed by atoms with Gasteiger partial charge in [0.05, 0.1) is 0 Å². The molecule has 0 aromatic heterocycles. The molecule has 0 radical (unpaired) electrons. The van der Waals surface area contributed by atoms with Crippen LogP contribution >= 0.6 is 0 Å². The third kappa shape index (κ3) is 3.67. The van der Waals surface area contributed by atoms with Crippen LogP contribution in [0.15, 0.2) is 18.2 Å². The summed E-state index contributed by atoms with van der Waals surface area (Å²) >= 11 is 0. The van der Waals surface area contributed by atoms with E-state index in [0.717, 1.165) is 25.9 Å². The molecule has 1 heterocycles. The fourth-order valence-electron chi connectivity index (χ4n) is 2.60. The number of hydrogen-bond acceptors (Lipinski definition) is 3. The van der Waals surface area contributed by atoms with Gasteiger partial charge in [-0.15, -0.1) is 0 Å². The van der Waals surface area contributed by atoms with Crippen LogP contribution in [0.2, 0.25) is 0 Å². The molecule has 104 valence electrons. The maximum atomic E-state index is 13.7. The Morgan fingerprint density at radius 3 is 2.63 bits per heavy atom. The quantitative estimate of drug-likeness (QED) is 0.810. The van der Waals surface area contributed by atoms with E-state index in [1.807, 2.05) is 0 Å². The molecule has 0 aliphatic carbocycles. The van der Waals surface area contributed by atoms with Crippen LogP contribution in [0.3, 0.4) is 0 Å². The molecular formula is C14H20FN3O. The number of anilines is 1. The van der Waals surface area contributed by atoms with Crippen molar-refractivity contribution in [2.24, 2.45) is 11.7 Å². The van der Waals surface area contributed by atoms with Crippen molar-refractivity contribution >= 4 is 11.6 Å². The van der Waals surface area contributed by atoms with E-state index in [4.69, 9.17) is 11.5 Å². The third-order valence-corrected chi connectivity index (χ3v) is 3.73. The number of rotatable bonds is 4. The second kappa shape index (κ2) is 6.02. The normalized spacial score (nSPS) is 17.5. The van der Waals surface area contributed by atoms with Crippen molar-refractivity contribution in [3.8, 4) is 0 Å². The van der Waals surface area contributed by atoms with Crippen molar-refractivity contribution in [2.75, 3.05) is 18.8 Å². The smallest absolute Gasteiger partial charge is 0.217 e. The van der Waals surface area contributed by atoms with Gasteiger partial charge in [-0.2, -0.15) is 0 Å². The van der Waals surface area contributed by atoms with E-state index >= 15 is 0 Å². The lowest BCUT2D eigenvalue weighted by Crippen LogP contribution is -2.35. The van der Waals surface area contributed by atoms with Gasteiger partial charge in [-0.25, -0.2) is 4.39 Å². The first kappa shape index (κ1) is 13.8. The number of primary amides is 1. The Bertz CT molecular complexity index is 436. The zero-order chi connectivity index (χ0) is 13.8. The van der Waals surface area contributed by atoms with Gasteiger partial charge in [0.25, 0.3) is 0 Å². The molecule has 0 bridgehead atoms. The summed E-state index contributed by atoms with van der Waals surface area (Å²) in [7, 11) is 0. The van der Waals surface area contributed by atoms with Crippen LogP contribution in [-0.2, 0) is 11.3 Å². The summed E-state index contributed by atoms with van der Waals surface area (Å²) in [6, 6.07) is 4.77. The highest BCUT2D eigenvalue weighted by atomic mass is 19.1. The Balaban J connectivity index is 1.91. The van der Waals surface area contributed by atoms with Crippen molar-refractivity contribution in [1.82, 2.24) is 4.90 Å². The molecule has 1 saturated heterocycles. The maximum absolute atomic E-state index is 13.7. The van der Waals surface area contributed by atoms with E-state index < -0.39 is 0 Å². The minimum absolute atomic E-state index is 0.239. The van der Waals surface area contributed by atoms with E-state index in [9.17, 15) is 9.18 Å². The predicted molar refractivity (Wildman–Crippen MR) is 72.6 cm³/mol. The van der Waals surface area contributed by atoms with Gasteiger partial charge in [0.1, 0.15) is 5.82 Å². The van der Waals surface area contributed by atoms with Crippen LogP contribution < -0.4 is 11.5 Å². The minimum Gasteiger partial charge on any atom is -0.398 e. The Labute approximate surface area is 112 Å². The molecule has 4 N–H and O–H groups in total. The second-order valence-electron chi connectivity index (χ2n) is 5.20. The van der Waals surface area contributed by atoms with Crippen LogP contribution in [0.25, 0.3) is 0 Å². The van der Waals surface area contributed by atoms with Crippen LogP contribution in [0.1, 0.15) is 24.8 Å². The van der Waals surface area contributed by atoms with Crippen molar-refractivity contribution in [3.63, 3.8) is 0 Å². The number of carbonyl (C=O) groups excluding carboxylic acids is 1. The lowest BCUT2D eigenvalue weighted by atomic mass is 9.93. The molecule has 1 aromatic rings. The molecule has 4 nitrogen and oxygen atoms in total. The van der Waals surface area contributed by atoms with Crippen molar-refractivity contribution in [1.29, 1.82) is 0 Å². The number of benzene rings is 1. The van der Waals surface area contributed by atoms with Crippen molar-refractivity contribution in [2.45, 2.75) is 25.8 Å². The highest BCUT2D eigenvalue weighted by molar-refractivity contribution is 5.73. The van der Waals surface area contributed by atoms with Gasteiger partial charge in [0.2, 0.25) is 5.91 Å². The molecule has 0 unspecified atom stereocenters. The first-order chi connectivity index (χ1) is 9.06. The molecule has 1 amide bonds. The van der Waals surface area contributed by atoms with E-state index in [-0.39, 0.29) is 11.7 Å². The molecule has 1 fully saturated rings. The molecule has 1 aliphatic rings.